The zero-order valence-electron chi connectivity index (χ0n) is 16.8. The molecule has 9 nitrogen and oxygen atoms in total. The number of hydrogen-bond donors (Lipinski definition) is 0. The van der Waals surface area contributed by atoms with E-state index in [1.807, 2.05) is 13.0 Å². The van der Waals surface area contributed by atoms with Gasteiger partial charge in [-0.2, -0.15) is 15.0 Å². The second-order valence-corrected chi connectivity index (χ2v) is 7.52. The molecule has 152 valence electrons. The molecule has 0 amide bonds. The lowest BCUT2D eigenvalue weighted by molar-refractivity contribution is 0.240. The van der Waals surface area contributed by atoms with E-state index in [0.717, 1.165) is 63.2 Å². The number of hydrogen-bond acceptors (Lipinski definition) is 9. The molecule has 0 aliphatic carbocycles. The van der Waals surface area contributed by atoms with Gasteiger partial charge in [-0.25, -0.2) is 0 Å². The van der Waals surface area contributed by atoms with E-state index in [1.165, 1.54) is 25.7 Å². The number of anilines is 2. The lowest BCUT2D eigenvalue weighted by Crippen LogP contribution is -2.46. The highest BCUT2D eigenvalue weighted by Gasteiger charge is 2.23. The van der Waals surface area contributed by atoms with Crippen molar-refractivity contribution in [3.05, 3.63) is 17.5 Å². The van der Waals surface area contributed by atoms with Gasteiger partial charge in [-0.1, -0.05) is 18.0 Å². The van der Waals surface area contributed by atoms with E-state index in [1.54, 1.807) is 7.11 Å². The van der Waals surface area contributed by atoms with Crippen molar-refractivity contribution in [1.82, 2.24) is 25.0 Å². The van der Waals surface area contributed by atoms with Crippen LogP contribution in [-0.4, -0.2) is 71.4 Å². The Morgan fingerprint density at radius 1 is 0.893 bits per heavy atom. The van der Waals surface area contributed by atoms with Crippen LogP contribution in [0.3, 0.4) is 0 Å². The van der Waals surface area contributed by atoms with Crippen molar-refractivity contribution in [2.24, 2.45) is 0 Å². The highest BCUT2D eigenvalue weighted by Crippen LogP contribution is 2.22. The molecule has 28 heavy (non-hydrogen) atoms. The van der Waals surface area contributed by atoms with E-state index < -0.39 is 0 Å². The van der Waals surface area contributed by atoms with Gasteiger partial charge in [0.1, 0.15) is 5.76 Å². The van der Waals surface area contributed by atoms with Crippen molar-refractivity contribution >= 4 is 11.9 Å². The van der Waals surface area contributed by atoms with Crippen LogP contribution in [0.15, 0.2) is 10.6 Å². The molecule has 0 atom stereocenters. The molecule has 2 aromatic rings. The Labute approximate surface area is 165 Å². The predicted octanol–water partition coefficient (Wildman–Crippen LogP) is 1.88. The summed E-state index contributed by atoms with van der Waals surface area (Å²) in [5.41, 5.74) is 0.983. The van der Waals surface area contributed by atoms with Crippen LogP contribution in [0.1, 0.15) is 37.1 Å². The van der Waals surface area contributed by atoms with E-state index >= 15 is 0 Å². The van der Waals surface area contributed by atoms with Crippen LogP contribution < -0.4 is 14.5 Å². The Hall–Kier alpha value is -2.42. The molecule has 0 bridgehead atoms. The highest BCUT2D eigenvalue weighted by molar-refractivity contribution is 5.41. The molecule has 2 aromatic heterocycles. The van der Waals surface area contributed by atoms with Gasteiger partial charge >= 0.3 is 6.01 Å². The Balaban J connectivity index is 1.43. The van der Waals surface area contributed by atoms with E-state index in [9.17, 15) is 0 Å². The molecule has 0 N–H and O–H groups in total. The normalized spacial score (nSPS) is 18.9. The minimum absolute atomic E-state index is 0.393. The maximum atomic E-state index is 5.37. The molecule has 2 saturated heterocycles. The molecule has 0 saturated carbocycles. The van der Waals surface area contributed by atoms with E-state index in [2.05, 4.69) is 29.8 Å². The van der Waals surface area contributed by atoms with Crippen LogP contribution in [0.5, 0.6) is 6.01 Å². The van der Waals surface area contributed by atoms with Crippen LogP contribution in [0.4, 0.5) is 11.9 Å². The molecular formula is C19H29N7O2. The molecule has 2 aliphatic rings. The van der Waals surface area contributed by atoms with Crippen LogP contribution in [0.25, 0.3) is 0 Å². The lowest BCUT2D eigenvalue weighted by atomic mass is 10.2. The molecule has 0 unspecified atom stereocenters. The molecule has 0 spiro atoms. The monoisotopic (exact) mass is 387 g/mol. The third-order valence-electron chi connectivity index (χ3n) is 5.38. The minimum Gasteiger partial charge on any atom is -0.467 e. The van der Waals surface area contributed by atoms with Crippen LogP contribution in [0, 0.1) is 6.92 Å². The molecule has 4 rings (SSSR count). The number of piperazine rings is 1. The smallest absolute Gasteiger partial charge is 0.322 e. The summed E-state index contributed by atoms with van der Waals surface area (Å²) in [6.07, 6.45) is 4.92. The number of ether oxygens (including phenoxy) is 1. The number of methoxy groups -OCH3 is 1. The largest absolute Gasteiger partial charge is 0.467 e. The van der Waals surface area contributed by atoms with Gasteiger partial charge in [0.05, 0.1) is 12.8 Å². The predicted molar refractivity (Wildman–Crippen MR) is 106 cm³/mol. The topological polar surface area (TPSA) is 83.7 Å². The number of nitrogens with zero attached hydrogens (tertiary/aromatic N) is 7. The number of aryl methyl sites for hydroxylation is 1. The maximum Gasteiger partial charge on any atom is 0.322 e. The standard InChI is InChI=1S/C19H29N7O2/c1-15-13-16(23-28-15)14-24-9-11-26(12-10-24)18-20-17(21-19(22-18)27-2)25-7-5-3-4-6-8-25/h13H,3-12,14H2,1-2H3. The molecule has 0 radical (unpaired) electrons. The SMILES string of the molecule is COc1nc(N2CCCCCC2)nc(N2CCN(Cc3cc(C)on3)CC2)n1. The minimum atomic E-state index is 0.393. The summed E-state index contributed by atoms with van der Waals surface area (Å²) in [5, 5.41) is 4.10. The van der Waals surface area contributed by atoms with E-state index in [-0.39, 0.29) is 0 Å². The quantitative estimate of drug-likeness (QED) is 0.763. The Kier molecular flexibility index (Phi) is 5.90. The zero-order valence-corrected chi connectivity index (χ0v) is 16.8. The fourth-order valence-electron chi connectivity index (χ4n) is 3.81. The summed E-state index contributed by atoms with van der Waals surface area (Å²) >= 11 is 0. The summed E-state index contributed by atoms with van der Waals surface area (Å²) in [6, 6.07) is 2.39. The van der Waals surface area contributed by atoms with E-state index in [4.69, 9.17) is 14.2 Å². The third-order valence-corrected chi connectivity index (χ3v) is 5.38. The van der Waals surface area contributed by atoms with Crippen molar-refractivity contribution in [2.75, 3.05) is 56.2 Å². The van der Waals surface area contributed by atoms with Crippen LogP contribution in [0.2, 0.25) is 0 Å². The Morgan fingerprint density at radius 3 is 2.11 bits per heavy atom. The first-order valence-electron chi connectivity index (χ1n) is 10.2. The zero-order chi connectivity index (χ0) is 19.3. The van der Waals surface area contributed by atoms with Gasteiger partial charge in [-0.15, -0.1) is 0 Å². The van der Waals surface area contributed by atoms with Crippen molar-refractivity contribution < 1.29 is 9.26 Å². The first-order chi connectivity index (χ1) is 13.7. The maximum absolute atomic E-state index is 5.37. The second-order valence-electron chi connectivity index (χ2n) is 7.52. The number of aromatic nitrogens is 4. The van der Waals surface area contributed by atoms with E-state index in [0.29, 0.717) is 12.0 Å². The average Bonchev–Trinajstić information content (AvgIpc) is 2.96. The average molecular weight is 387 g/mol. The summed E-state index contributed by atoms with van der Waals surface area (Å²) in [6.45, 7) is 8.31. The number of rotatable bonds is 5. The molecule has 2 fully saturated rings. The fourth-order valence-corrected chi connectivity index (χ4v) is 3.81. The van der Waals surface area contributed by atoms with Crippen molar-refractivity contribution in [3.63, 3.8) is 0 Å². The lowest BCUT2D eigenvalue weighted by Gasteiger charge is -2.34. The highest BCUT2D eigenvalue weighted by atomic mass is 16.5. The Bertz CT molecular complexity index is 765. The third kappa shape index (κ3) is 4.52. The Morgan fingerprint density at radius 2 is 1.54 bits per heavy atom. The van der Waals surface area contributed by atoms with Gasteiger partial charge in [-0.3, -0.25) is 4.90 Å². The fraction of sp³-hybridized carbons (Fsp3) is 0.684. The van der Waals surface area contributed by atoms with Gasteiger partial charge in [0.15, 0.2) is 0 Å². The summed E-state index contributed by atoms with van der Waals surface area (Å²) in [5.74, 6) is 2.30. The van der Waals surface area contributed by atoms with Crippen LogP contribution >= 0.6 is 0 Å². The van der Waals surface area contributed by atoms with Gasteiger partial charge in [0.2, 0.25) is 11.9 Å². The van der Waals surface area contributed by atoms with Gasteiger partial charge in [-0.05, 0) is 19.8 Å². The summed E-state index contributed by atoms with van der Waals surface area (Å²) < 4.78 is 10.5. The molecule has 9 heteroatoms. The molecule has 2 aliphatic heterocycles. The molecule has 4 heterocycles. The summed E-state index contributed by atoms with van der Waals surface area (Å²) in [7, 11) is 1.61. The second kappa shape index (κ2) is 8.72. The van der Waals surface area contributed by atoms with Gasteiger partial charge in [0.25, 0.3) is 0 Å². The van der Waals surface area contributed by atoms with Crippen LogP contribution in [-0.2, 0) is 6.54 Å². The molecular weight excluding hydrogens is 358 g/mol. The van der Waals surface area contributed by atoms with Crippen molar-refractivity contribution in [3.8, 4) is 6.01 Å². The van der Waals surface area contributed by atoms with Gasteiger partial charge < -0.3 is 19.1 Å². The first kappa shape index (κ1) is 18.9. The van der Waals surface area contributed by atoms with Crippen molar-refractivity contribution in [2.45, 2.75) is 39.2 Å². The molecule has 0 aromatic carbocycles. The summed E-state index contributed by atoms with van der Waals surface area (Å²) in [4.78, 5) is 20.7. The van der Waals surface area contributed by atoms with Gasteiger partial charge in [0, 0.05) is 51.9 Å². The van der Waals surface area contributed by atoms with Crippen molar-refractivity contribution in [1.29, 1.82) is 0 Å². The first-order valence-corrected chi connectivity index (χ1v) is 10.2.